The minimum absolute atomic E-state index is 0.165. The lowest BCUT2D eigenvalue weighted by Crippen LogP contribution is -2.19. The van der Waals surface area contributed by atoms with Crippen molar-refractivity contribution in [2.24, 2.45) is 0 Å². The van der Waals surface area contributed by atoms with E-state index in [9.17, 15) is 4.57 Å². The summed E-state index contributed by atoms with van der Waals surface area (Å²) in [6.45, 7) is 3.13. The van der Waals surface area contributed by atoms with Gasteiger partial charge in [-0.25, -0.2) is 0 Å². The molecule has 0 radical (unpaired) electrons. The SMILES string of the molecule is CCOP(=O)(CC)OCC(O)CO. The average molecular weight is 212 g/mol. The third kappa shape index (κ3) is 5.39. The molecule has 0 aliphatic heterocycles. The summed E-state index contributed by atoms with van der Waals surface area (Å²) in [5, 5.41) is 17.4. The summed E-state index contributed by atoms with van der Waals surface area (Å²) in [7, 11) is -3.04. The summed E-state index contributed by atoms with van der Waals surface area (Å²) in [5.74, 6) is 0. The zero-order valence-corrected chi connectivity index (χ0v) is 8.87. The van der Waals surface area contributed by atoms with Gasteiger partial charge in [-0.3, -0.25) is 4.57 Å². The van der Waals surface area contributed by atoms with Gasteiger partial charge in [-0.15, -0.1) is 0 Å². The average Bonchev–Trinajstić information content (AvgIpc) is 2.15. The predicted molar refractivity (Wildman–Crippen MR) is 48.8 cm³/mol. The Morgan fingerprint density at radius 1 is 1.38 bits per heavy atom. The molecule has 0 aliphatic rings. The van der Waals surface area contributed by atoms with Gasteiger partial charge < -0.3 is 19.3 Å². The predicted octanol–water partition coefficient (Wildman–Crippen LogP) is 0.606. The molecule has 0 aliphatic carbocycles. The number of aliphatic hydroxyl groups excluding tert-OH is 2. The monoisotopic (exact) mass is 212 g/mol. The summed E-state index contributed by atoms with van der Waals surface area (Å²) in [6, 6.07) is 0. The number of hydrogen-bond acceptors (Lipinski definition) is 5. The molecule has 5 nitrogen and oxygen atoms in total. The van der Waals surface area contributed by atoms with Gasteiger partial charge in [-0.2, -0.15) is 0 Å². The van der Waals surface area contributed by atoms with Crippen molar-refractivity contribution in [1.29, 1.82) is 0 Å². The fourth-order valence-electron chi connectivity index (χ4n) is 0.669. The first-order chi connectivity index (χ1) is 6.08. The highest BCUT2D eigenvalue weighted by Crippen LogP contribution is 2.47. The molecule has 0 aromatic rings. The van der Waals surface area contributed by atoms with Gasteiger partial charge >= 0.3 is 7.60 Å². The van der Waals surface area contributed by atoms with Crippen LogP contribution in [-0.4, -0.2) is 42.3 Å². The molecule has 0 heterocycles. The summed E-state index contributed by atoms with van der Waals surface area (Å²) in [5.41, 5.74) is 0. The van der Waals surface area contributed by atoms with Crippen LogP contribution in [0.3, 0.4) is 0 Å². The lowest BCUT2D eigenvalue weighted by atomic mass is 10.4. The van der Waals surface area contributed by atoms with Crippen molar-refractivity contribution in [3.05, 3.63) is 0 Å². The minimum Gasteiger partial charge on any atom is -0.394 e. The molecule has 13 heavy (non-hydrogen) atoms. The molecule has 2 unspecified atom stereocenters. The number of rotatable bonds is 7. The van der Waals surface area contributed by atoms with Gasteiger partial charge in [0.2, 0.25) is 0 Å². The second kappa shape index (κ2) is 6.51. The largest absolute Gasteiger partial charge is 0.394 e. The molecular formula is C7H17O5P. The van der Waals surface area contributed by atoms with Gasteiger partial charge in [0.05, 0.1) is 19.8 Å². The second-order valence-electron chi connectivity index (χ2n) is 2.48. The van der Waals surface area contributed by atoms with Crippen LogP contribution < -0.4 is 0 Å². The van der Waals surface area contributed by atoms with Crippen molar-refractivity contribution in [3.8, 4) is 0 Å². The van der Waals surface area contributed by atoms with Gasteiger partial charge in [-0.05, 0) is 6.92 Å². The van der Waals surface area contributed by atoms with E-state index in [2.05, 4.69) is 0 Å². The first-order valence-electron chi connectivity index (χ1n) is 4.25. The number of aliphatic hydroxyl groups is 2. The molecule has 0 spiro atoms. The molecule has 6 heteroatoms. The Morgan fingerprint density at radius 3 is 2.38 bits per heavy atom. The third-order valence-corrected chi connectivity index (χ3v) is 3.36. The van der Waals surface area contributed by atoms with Gasteiger partial charge in [0.25, 0.3) is 0 Å². The highest BCUT2D eigenvalue weighted by atomic mass is 31.2. The maximum atomic E-state index is 11.6. The smallest absolute Gasteiger partial charge is 0.330 e. The zero-order chi connectivity index (χ0) is 10.3. The second-order valence-corrected chi connectivity index (χ2v) is 4.85. The van der Waals surface area contributed by atoms with Crippen LogP contribution in [-0.2, 0) is 13.6 Å². The van der Waals surface area contributed by atoms with Crippen LogP contribution >= 0.6 is 7.60 Å². The summed E-state index contributed by atoms with van der Waals surface area (Å²) < 4.78 is 21.4. The Hall–Kier alpha value is 0.0700. The minimum atomic E-state index is -3.04. The summed E-state index contributed by atoms with van der Waals surface area (Å²) in [4.78, 5) is 0. The van der Waals surface area contributed by atoms with Crippen molar-refractivity contribution < 1.29 is 23.8 Å². The highest BCUT2D eigenvalue weighted by molar-refractivity contribution is 7.53. The van der Waals surface area contributed by atoms with Crippen molar-refractivity contribution in [3.63, 3.8) is 0 Å². The molecule has 0 rings (SSSR count). The third-order valence-electron chi connectivity index (χ3n) is 1.39. The molecule has 0 amide bonds. The van der Waals surface area contributed by atoms with E-state index < -0.39 is 20.3 Å². The molecule has 0 aromatic carbocycles. The van der Waals surface area contributed by atoms with Crippen LogP contribution in [0.5, 0.6) is 0 Å². The van der Waals surface area contributed by atoms with Crippen LogP contribution in [0.4, 0.5) is 0 Å². The summed E-state index contributed by atoms with van der Waals surface area (Å²) >= 11 is 0. The van der Waals surface area contributed by atoms with Crippen molar-refractivity contribution in [2.45, 2.75) is 20.0 Å². The van der Waals surface area contributed by atoms with E-state index in [-0.39, 0.29) is 12.8 Å². The van der Waals surface area contributed by atoms with Crippen LogP contribution in [0.1, 0.15) is 13.8 Å². The Morgan fingerprint density at radius 2 is 2.00 bits per heavy atom. The fraction of sp³-hybridized carbons (Fsp3) is 1.00. The van der Waals surface area contributed by atoms with Crippen molar-refractivity contribution in [1.82, 2.24) is 0 Å². The van der Waals surface area contributed by atoms with Gasteiger partial charge in [0.1, 0.15) is 6.10 Å². The van der Waals surface area contributed by atoms with Crippen LogP contribution in [0.25, 0.3) is 0 Å². The maximum absolute atomic E-state index is 11.6. The topological polar surface area (TPSA) is 76.0 Å². The molecule has 0 fully saturated rings. The zero-order valence-electron chi connectivity index (χ0n) is 7.97. The Bertz CT molecular complexity index is 172. The van der Waals surface area contributed by atoms with E-state index >= 15 is 0 Å². The Kier molecular flexibility index (Phi) is 6.55. The molecule has 80 valence electrons. The lowest BCUT2D eigenvalue weighted by Gasteiger charge is -2.17. The highest BCUT2D eigenvalue weighted by Gasteiger charge is 2.22. The van der Waals surface area contributed by atoms with Gasteiger partial charge in [-0.1, -0.05) is 6.92 Å². The van der Waals surface area contributed by atoms with Crippen LogP contribution in [0.2, 0.25) is 0 Å². The van der Waals surface area contributed by atoms with Crippen molar-refractivity contribution in [2.75, 3.05) is 26.0 Å². The molecule has 0 saturated carbocycles. The lowest BCUT2D eigenvalue weighted by molar-refractivity contribution is 0.0468. The summed E-state index contributed by atoms with van der Waals surface area (Å²) in [6.07, 6.45) is -0.737. The van der Waals surface area contributed by atoms with E-state index in [0.717, 1.165) is 0 Å². The maximum Gasteiger partial charge on any atom is 0.330 e. The molecular weight excluding hydrogens is 195 g/mol. The van der Waals surface area contributed by atoms with Crippen LogP contribution in [0.15, 0.2) is 0 Å². The Labute approximate surface area is 78.2 Å². The molecule has 2 atom stereocenters. The molecule has 0 saturated heterocycles. The van der Waals surface area contributed by atoms with E-state index in [1.54, 1.807) is 13.8 Å². The quantitative estimate of drug-likeness (QED) is 0.604. The van der Waals surface area contributed by atoms with E-state index in [1.807, 2.05) is 0 Å². The molecule has 2 N–H and O–H groups in total. The molecule has 0 bridgehead atoms. The normalized spacial score (nSPS) is 18.2. The standard InChI is InChI=1S/C7H17O5P/c1-3-11-13(10,4-2)12-6-7(9)5-8/h7-9H,3-6H2,1-2H3. The molecule has 0 aromatic heterocycles. The van der Waals surface area contributed by atoms with Gasteiger partial charge in [0, 0.05) is 6.16 Å². The van der Waals surface area contributed by atoms with E-state index in [0.29, 0.717) is 6.61 Å². The Balaban J connectivity index is 3.90. The number of hydrogen-bond donors (Lipinski definition) is 2. The fourth-order valence-corrected chi connectivity index (χ4v) is 1.90. The van der Waals surface area contributed by atoms with Gasteiger partial charge in [0.15, 0.2) is 0 Å². The van der Waals surface area contributed by atoms with E-state index in [1.165, 1.54) is 0 Å². The van der Waals surface area contributed by atoms with E-state index in [4.69, 9.17) is 19.3 Å². The van der Waals surface area contributed by atoms with Crippen molar-refractivity contribution >= 4 is 7.60 Å². The van der Waals surface area contributed by atoms with Crippen LogP contribution in [0, 0.1) is 0 Å². The first-order valence-corrected chi connectivity index (χ1v) is 5.97. The first kappa shape index (κ1) is 13.1.